The van der Waals surface area contributed by atoms with Gasteiger partial charge in [-0.25, -0.2) is 4.79 Å². The molecule has 2 bridgehead atoms. The maximum Gasteiger partial charge on any atom is 0.490 e. The highest BCUT2D eigenvalue weighted by Gasteiger charge is 2.53. The number of benzene rings is 3. The molecule has 3 atom stereocenters. The molecule has 3 unspecified atom stereocenters. The Hall–Kier alpha value is -4.11. The highest BCUT2D eigenvalue weighted by Crippen LogP contribution is 2.39. The number of Topliss-reactive ketones (excluding diaryl/α,β-unsaturated/α-hetero) is 1. The third kappa shape index (κ3) is 8.48. The first kappa shape index (κ1) is 36.7. The first-order chi connectivity index (χ1) is 22.4. The fourth-order valence-electron chi connectivity index (χ4n) is 5.91. The summed E-state index contributed by atoms with van der Waals surface area (Å²) >= 11 is 3.23. The van der Waals surface area contributed by atoms with Crippen LogP contribution >= 0.6 is 15.9 Å². The Morgan fingerprint density at radius 1 is 0.917 bits per heavy atom. The van der Waals surface area contributed by atoms with Crippen molar-refractivity contribution in [2.24, 2.45) is 5.73 Å². The van der Waals surface area contributed by atoms with Crippen molar-refractivity contribution < 1.29 is 51.0 Å². The van der Waals surface area contributed by atoms with Crippen molar-refractivity contribution in [3.05, 3.63) is 76.3 Å². The molecule has 2 amide bonds. The second kappa shape index (κ2) is 14.6. The average Bonchev–Trinajstić information content (AvgIpc) is 3.28. The number of nitrogens with zero attached hydrogens (tertiary/aromatic N) is 1. The van der Waals surface area contributed by atoms with Crippen molar-refractivity contribution in [3.63, 3.8) is 0 Å². The normalized spacial score (nSPS) is 19.7. The molecular formula is C33H33BrF5N3O6. The highest BCUT2D eigenvalue weighted by molar-refractivity contribution is 9.10. The Kier molecular flexibility index (Phi) is 11.1. The van der Waals surface area contributed by atoms with E-state index in [1.165, 1.54) is 41.3 Å². The fraction of sp³-hybridized carbons (Fsp3) is 0.394. The van der Waals surface area contributed by atoms with Crippen LogP contribution < -0.4 is 15.8 Å². The lowest BCUT2D eigenvalue weighted by atomic mass is 9.94. The van der Waals surface area contributed by atoms with Crippen LogP contribution in [0, 0.1) is 0 Å². The largest absolute Gasteiger partial charge is 0.491 e. The first-order valence-electron chi connectivity index (χ1n) is 15.0. The number of fused-ring (bicyclic) bond motifs is 3. The molecule has 5 rings (SSSR count). The second-order valence-electron chi connectivity index (χ2n) is 11.9. The molecule has 2 heterocycles. The number of ketones is 1. The quantitative estimate of drug-likeness (QED) is 0.147. The molecule has 0 radical (unpaired) electrons. The third-order valence-electron chi connectivity index (χ3n) is 8.03. The zero-order chi connectivity index (χ0) is 35.6. The van der Waals surface area contributed by atoms with E-state index in [1.54, 1.807) is 18.2 Å². The van der Waals surface area contributed by atoms with Gasteiger partial charge in [0.25, 0.3) is 11.8 Å². The van der Waals surface area contributed by atoms with Gasteiger partial charge in [0.1, 0.15) is 5.75 Å². The predicted octanol–water partition coefficient (Wildman–Crippen LogP) is 5.96. The van der Waals surface area contributed by atoms with Crippen LogP contribution in [0.25, 0.3) is 10.8 Å². The van der Waals surface area contributed by atoms with Crippen LogP contribution in [0.4, 0.5) is 22.0 Å². The molecule has 9 nitrogen and oxygen atoms in total. The number of carbonyl (C=O) groups excluding carboxylic acids is 3. The molecule has 3 aromatic carbocycles. The van der Waals surface area contributed by atoms with E-state index < -0.39 is 47.3 Å². The number of carbonyl (C=O) groups is 4. The van der Waals surface area contributed by atoms with Gasteiger partial charge in [0, 0.05) is 33.7 Å². The number of ether oxygens (including phenoxy) is 1. The van der Waals surface area contributed by atoms with E-state index in [4.69, 9.17) is 20.4 Å². The molecule has 2 aliphatic heterocycles. The number of nitrogens with one attached hydrogen (secondary N) is 1. The van der Waals surface area contributed by atoms with Crippen molar-refractivity contribution in [2.45, 2.75) is 81.9 Å². The summed E-state index contributed by atoms with van der Waals surface area (Å²) < 4.78 is 70.1. The number of carboxylic acid groups (broad SMARTS) is 1. The Balaban J connectivity index is 0.000000671. The van der Waals surface area contributed by atoms with E-state index >= 15 is 8.78 Å². The smallest absolute Gasteiger partial charge is 0.490 e. The number of rotatable bonds is 8. The fourth-order valence-corrected chi connectivity index (χ4v) is 6.18. The van der Waals surface area contributed by atoms with Crippen LogP contribution in [0.1, 0.15) is 55.5 Å². The summed E-state index contributed by atoms with van der Waals surface area (Å²) in [4.78, 5) is 50.5. The van der Waals surface area contributed by atoms with E-state index in [0.29, 0.717) is 41.3 Å². The molecule has 15 heteroatoms. The number of aliphatic carboxylic acids is 1. The van der Waals surface area contributed by atoms with Crippen LogP contribution in [0.2, 0.25) is 0 Å². The van der Waals surface area contributed by atoms with Crippen molar-refractivity contribution in [1.29, 1.82) is 0 Å². The van der Waals surface area contributed by atoms with E-state index in [0.717, 1.165) is 5.39 Å². The minimum absolute atomic E-state index is 0.0138. The lowest BCUT2D eigenvalue weighted by Crippen LogP contribution is -2.61. The lowest BCUT2D eigenvalue weighted by molar-refractivity contribution is -0.192. The topological polar surface area (TPSA) is 139 Å². The number of alkyl halides is 5. The van der Waals surface area contributed by atoms with Gasteiger partial charge in [-0.05, 0) is 80.6 Å². The maximum absolute atomic E-state index is 16.0. The Morgan fingerprint density at radius 3 is 2.00 bits per heavy atom. The first-order valence-corrected chi connectivity index (χ1v) is 15.7. The molecule has 2 saturated heterocycles. The zero-order valence-electron chi connectivity index (χ0n) is 25.8. The number of nitrogens with two attached hydrogens (primary N) is 1. The molecular weight excluding hydrogens is 709 g/mol. The highest BCUT2D eigenvalue weighted by atomic mass is 79.9. The van der Waals surface area contributed by atoms with Gasteiger partial charge in [0.2, 0.25) is 5.78 Å². The minimum Gasteiger partial charge on any atom is -0.491 e. The van der Waals surface area contributed by atoms with Gasteiger partial charge < -0.3 is 25.8 Å². The molecule has 0 aliphatic carbocycles. The Labute approximate surface area is 280 Å². The molecule has 0 saturated carbocycles. The van der Waals surface area contributed by atoms with Gasteiger partial charge >= 0.3 is 18.1 Å². The summed E-state index contributed by atoms with van der Waals surface area (Å²) in [6.07, 6.45) is -2.76. The van der Waals surface area contributed by atoms with Gasteiger partial charge in [-0.3, -0.25) is 14.4 Å². The summed E-state index contributed by atoms with van der Waals surface area (Å²) in [5.41, 5.74) is 5.70. The molecule has 2 fully saturated rings. The monoisotopic (exact) mass is 741 g/mol. The van der Waals surface area contributed by atoms with Crippen LogP contribution in [0.5, 0.6) is 5.75 Å². The SMILES string of the molecule is CC(C)Oc1ccc2cc(C(=O)C(=O)NC(C(=O)N3C4CCC3CC(N)C4)C(F)(F)c3ccc(Br)cc3)ccc2c1.O=C(O)C(F)(F)F. The van der Waals surface area contributed by atoms with Crippen molar-refractivity contribution in [3.8, 4) is 5.75 Å². The number of carboxylic acids is 1. The second-order valence-corrected chi connectivity index (χ2v) is 12.8. The lowest BCUT2D eigenvalue weighted by Gasteiger charge is -2.41. The zero-order valence-corrected chi connectivity index (χ0v) is 27.4. The summed E-state index contributed by atoms with van der Waals surface area (Å²) in [7, 11) is 0. The molecule has 3 aromatic rings. The van der Waals surface area contributed by atoms with E-state index in [2.05, 4.69) is 21.2 Å². The van der Waals surface area contributed by atoms with Crippen LogP contribution in [-0.2, 0) is 20.3 Å². The van der Waals surface area contributed by atoms with E-state index in [1.807, 2.05) is 19.9 Å². The summed E-state index contributed by atoms with van der Waals surface area (Å²) in [5, 5.41) is 10.7. The maximum atomic E-state index is 16.0. The van der Waals surface area contributed by atoms with Crippen LogP contribution in [-0.4, -0.2) is 70.0 Å². The van der Waals surface area contributed by atoms with Gasteiger partial charge in [-0.1, -0.05) is 46.3 Å². The van der Waals surface area contributed by atoms with Gasteiger partial charge in [-0.15, -0.1) is 0 Å². The number of hydrogen-bond acceptors (Lipinski definition) is 6. The number of piperidine rings is 1. The molecule has 0 aromatic heterocycles. The van der Waals surface area contributed by atoms with Crippen molar-refractivity contribution >= 4 is 50.3 Å². The number of halogens is 6. The van der Waals surface area contributed by atoms with Crippen molar-refractivity contribution in [1.82, 2.24) is 10.2 Å². The Bertz CT molecular complexity index is 1670. The van der Waals surface area contributed by atoms with Crippen LogP contribution in [0.3, 0.4) is 0 Å². The van der Waals surface area contributed by atoms with Gasteiger partial charge in [0.05, 0.1) is 6.10 Å². The van der Waals surface area contributed by atoms with Gasteiger partial charge in [-0.2, -0.15) is 22.0 Å². The average molecular weight is 743 g/mol. The number of hydrogen-bond donors (Lipinski definition) is 3. The summed E-state index contributed by atoms with van der Waals surface area (Å²) in [6, 6.07) is 12.3. The molecule has 2 aliphatic rings. The number of amides is 2. The van der Waals surface area contributed by atoms with Crippen LogP contribution in [0.15, 0.2) is 65.1 Å². The minimum atomic E-state index is -5.08. The van der Waals surface area contributed by atoms with Crippen molar-refractivity contribution in [2.75, 3.05) is 0 Å². The predicted molar refractivity (Wildman–Crippen MR) is 169 cm³/mol. The molecule has 4 N–H and O–H groups in total. The van der Waals surface area contributed by atoms with E-state index in [-0.39, 0.29) is 29.8 Å². The molecule has 258 valence electrons. The van der Waals surface area contributed by atoms with Gasteiger partial charge in [0.15, 0.2) is 6.04 Å². The van der Waals surface area contributed by atoms with E-state index in [9.17, 15) is 27.6 Å². The molecule has 48 heavy (non-hydrogen) atoms. The summed E-state index contributed by atoms with van der Waals surface area (Å²) in [5.74, 6) is -9.08. The molecule has 0 spiro atoms. The summed E-state index contributed by atoms with van der Waals surface area (Å²) in [6.45, 7) is 3.82. The standard InChI is InChI=1S/C31H32BrF2N3O4.C2HF3O2/c1-17(2)41-26-12-5-18-13-20(4-3-19(18)14-26)27(38)29(39)36-28(31(33,34)21-6-8-22(32)9-7-21)30(40)37-24-10-11-25(37)16-23(35)15-24;3-2(4,5)1(6)7/h3-9,12-14,17,23-25,28H,10-11,15-16,35H2,1-2H3,(H,36,39);(H,6,7). The third-order valence-corrected chi connectivity index (χ3v) is 8.56. The Morgan fingerprint density at radius 2 is 1.46 bits per heavy atom.